The van der Waals surface area contributed by atoms with E-state index < -0.39 is 6.10 Å². The maximum absolute atomic E-state index is 10.0. The van der Waals surface area contributed by atoms with Crippen LogP contribution in [0.2, 0.25) is 0 Å². The van der Waals surface area contributed by atoms with Crippen LogP contribution in [0, 0.1) is 0 Å². The van der Waals surface area contributed by atoms with Gasteiger partial charge in [-0.2, -0.15) is 0 Å². The average molecular weight is 307 g/mol. The number of β-amino-alcohol motifs (C(OH)–C–C–N with tert-alkyl or cyclic N) is 1. The normalized spacial score (nSPS) is 20.2. The van der Waals surface area contributed by atoms with E-state index in [2.05, 4.69) is 27.8 Å². The van der Waals surface area contributed by atoms with Gasteiger partial charge in [0, 0.05) is 51.2 Å². The first-order chi connectivity index (χ1) is 10.6. The molecule has 22 heavy (non-hydrogen) atoms. The molecule has 1 aliphatic heterocycles. The van der Waals surface area contributed by atoms with Gasteiger partial charge >= 0.3 is 0 Å². The Hall–Kier alpha value is -1.01. The predicted molar refractivity (Wildman–Crippen MR) is 87.8 cm³/mol. The molecule has 124 valence electrons. The molecule has 2 atom stereocenters. The van der Waals surface area contributed by atoms with Crippen LogP contribution in [0.4, 0.5) is 0 Å². The maximum Gasteiger partial charge on any atom is 0.0900 e. The van der Waals surface area contributed by atoms with E-state index in [9.17, 15) is 5.11 Å². The summed E-state index contributed by atoms with van der Waals surface area (Å²) < 4.78 is 5.47. The Morgan fingerprint density at radius 1 is 1.23 bits per heavy atom. The number of rotatable bonds is 7. The van der Waals surface area contributed by atoms with Gasteiger partial charge in [0.1, 0.15) is 0 Å². The molecule has 1 aromatic heterocycles. The summed E-state index contributed by atoms with van der Waals surface area (Å²) in [4.78, 5) is 9.00. The van der Waals surface area contributed by atoms with Gasteiger partial charge in [0.25, 0.3) is 0 Å². The largest absolute Gasteiger partial charge is 0.389 e. The highest BCUT2D eigenvalue weighted by atomic mass is 16.5. The molecule has 5 nitrogen and oxygen atoms in total. The minimum atomic E-state index is -0.398. The van der Waals surface area contributed by atoms with E-state index in [1.165, 1.54) is 5.56 Å². The number of aromatic nitrogens is 1. The number of pyridine rings is 1. The second-order valence-electron chi connectivity index (χ2n) is 6.33. The van der Waals surface area contributed by atoms with Crippen molar-refractivity contribution in [1.82, 2.24) is 14.8 Å². The molecule has 1 N–H and O–H groups in total. The van der Waals surface area contributed by atoms with E-state index in [0.717, 1.165) is 26.2 Å². The minimum absolute atomic E-state index is 0.173. The van der Waals surface area contributed by atoms with Crippen LogP contribution in [0.3, 0.4) is 0 Å². The molecule has 1 fully saturated rings. The molecule has 5 heteroatoms. The zero-order valence-electron chi connectivity index (χ0n) is 14.0. The zero-order chi connectivity index (χ0) is 15.9. The summed E-state index contributed by atoms with van der Waals surface area (Å²) in [7, 11) is 0. The molecular weight excluding hydrogens is 278 g/mol. The molecule has 2 rings (SSSR count). The molecule has 1 saturated heterocycles. The number of aliphatic hydroxyl groups is 1. The second kappa shape index (κ2) is 8.58. The van der Waals surface area contributed by atoms with Gasteiger partial charge in [-0.05, 0) is 32.4 Å². The van der Waals surface area contributed by atoms with Crippen LogP contribution in [-0.4, -0.2) is 71.4 Å². The summed E-state index contributed by atoms with van der Waals surface area (Å²) in [5.41, 5.74) is 1.27. The van der Waals surface area contributed by atoms with E-state index in [1.54, 1.807) is 0 Å². The van der Waals surface area contributed by atoms with Crippen molar-refractivity contribution >= 4 is 0 Å². The van der Waals surface area contributed by atoms with Crippen LogP contribution >= 0.6 is 0 Å². The maximum atomic E-state index is 10.0. The number of nitrogens with zero attached hydrogens (tertiary/aromatic N) is 3. The molecule has 2 unspecified atom stereocenters. The lowest BCUT2D eigenvalue weighted by Crippen LogP contribution is -2.49. The lowest BCUT2D eigenvalue weighted by molar-refractivity contribution is -0.0164. The predicted octanol–water partition coefficient (Wildman–Crippen LogP) is 1.55. The van der Waals surface area contributed by atoms with E-state index in [4.69, 9.17) is 4.74 Å². The zero-order valence-corrected chi connectivity index (χ0v) is 14.0. The van der Waals surface area contributed by atoms with Crippen LogP contribution in [-0.2, 0) is 4.74 Å². The van der Waals surface area contributed by atoms with Gasteiger partial charge < -0.3 is 9.84 Å². The lowest BCUT2D eigenvalue weighted by atomic mass is 10.1. The Labute approximate surface area is 133 Å². The first-order valence-corrected chi connectivity index (χ1v) is 8.22. The molecule has 0 spiro atoms. The van der Waals surface area contributed by atoms with Crippen molar-refractivity contribution in [3.05, 3.63) is 30.1 Å². The topological polar surface area (TPSA) is 48.8 Å². The fourth-order valence-electron chi connectivity index (χ4n) is 2.82. The van der Waals surface area contributed by atoms with Gasteiger partial charge in [-0.3, -0.25) is 14.8 Å². The highest BCUT2D eigenvalue weighted by molar-refractivity contribution is 5.13. The lowest BCUT2D eigenvalue weighted by Gasteiger charge is -2.38. The molecule has 0 radical (unpaired) electrons. The summed E-state index contributed by atoms with van der Waals surface area (Å²) in [6.45, 7) is 11.4. The molecule has 0 bridgehead atoms. The van der Waals surface area contributed by atoms with Gasteiger partial charge in [-0.15, -0.1) is 0 Å². The van der Waals surface area contributed by atoms with Gasteiger partial charge in [-0.1, -0.05) is 6.07 Å². The van der Waals surface area contributed by atoms with Gasteiger partial charge in [0.15, 0.2) is 0 Å². The van der Waals surface area contributed by atoms with Crippen LogP contribution < -0.4 is 0 Å². The molecule has 0 aromatic carbocycles. The first kappa shape index (κ1) is 17.3. The number of aliphatic hydroxyl groups excluding tert-OH is 1. The monoisotopic (exact) mass is 307 g/mol. The number of hydrogen-bond acceptors (Lipinski definition) is 5. The molecule has 2 heterocycles. The van der Waals surface area contributed by atoms with Crippen molar-refractivity contribution in [2.24, 2.45) is 0 Å². The standard InChI is InChI=1S/C17H29N3O2/c1-14(2)22-13-17(21)12-19-7-9-20(10-8-19)15(3)16-5-4-6-18-11-16/h4-6,11,14-15,17,21H,7-10,12-13H2,1-3H3. The van der Waals surface area contributed by atoms with Crippen molar-refractivity contribution in [3.63, 3.8) is 0 Å². The molecule has 0 amide bonds. The van der Waals surface area contributed by atoms with Crippen molar-refractivity contribution in [2.45, 2.75) is 39.0 Å². The minimum Gasteiger partial charge on any atom is -0.389 e. The number of hydrogen-bond donors (Lipinski definition) is 1. The first-order valence-electron chi connectivity index (χ1n) is 8.22. The van der Waals surface area contributed by atoms with Gasteiger partial charge in [0.05, 0.1) is 18.8 Å². The fraction of sp³-hybridized carbons (Fsp3) is 0.706. The van der Waals surface area contributed by atoms with Crippen LogP contribution in [0.25, 0.3) is 0 Å². The third-order valence-electron chi connectivity index (χ3n) is 4.21. The quantitative estimate of drug-likeness (QED) is 0.828. The Balaban J connectivity index is 1.73. The molecule has 0 saturated carbocycles. The molecule has 1 aliphatic rings. The fourth-order valence-corrected chi connectivity index (χ4v) is 2.82. The average Bonchev–Trinajstić information content (AvgIpc) is 2.54. The second-order valence-corrected chi connectivity index (χ2v) is 6.33. The Kier molecular flexibility index (Phi) is 6.76. The molecule has 0 aliphatic carbocycles. The van der Waals surface area contributed by atoms with Gasteiger partial charge in [0.2, 0.25) is 0 Å². The van der Waals surface area contributed by atoms with Gasteiger partial charge in [-0.25, -0.2) is 0 Å². The number of piperazine rings is 1. The van der Waals surface area contributed by atoms with E-state index in [-0.39, 0.29) is 6.10 Å². The Bertz CT molecular complexity index is 419. The van der Waals surface area contributed by atoms with Crippen LogP contribution in [0.1, 0.15) is 32.4 Å². The van der Waals surface area contributed by atoms with E-state index in [0.29, 0.717) is 19.2 Å². The summed E-state index contributed by atoms with van der Waals surface area (Å²) in [6, 6.07) is 4.52. The smallest absolute Gasteiger partial charge is 0.0900 e. The van der Waals surface area contributed by atoms with Crippen LogP contribution in [0.15, 0.2) is 24.5 Å². The molecule has 1 aromatic rings. The van der Waals surface area contributed by atoms with Crippen molar-refractivity contribution in [3.8, 4) is 0 Å². The molecular formula is C17H29N3O2. The third kappa shape index (κ3) is 5.32. The van der Waals surface area contributed by atoms with E-state index in [1.807, 2.05) is 32.3 Å². The Morgan fingerprint density at radius 2 is 1.95 bits per heavy atom. The number of ether oxygens (including phenoxy) is 1. The summed E-state index contributed by atoms with van der Waals surface area (Å²) >= 11 is 0. The van der Waals surface area contributed by atoms with Crippen molar-refractivity contribution in [2.75, 3.05) is 39.3 Å². The SMILES string of the molecule is CC(C)OCC(O)CN1CCN(C(C)c2cccnc2)CC1. The van der Waals surface area contributed by atoms with E-state index >= 15 is 0 Å². The summed E-state index contributed by atoms with van der Waals surface area (Å²) in [6.07, 6.45) is 3.54. The van der Waals surface area contributed by atoms with Crippen LogP contribution in [0.5, 0.6) is 0 Å². The van der Waals surface area contributed by atoms with Crippen molar-refractivity contribution in [1.29, 1.82) is 0 Å². The highest BCUT2D eigenvalue weighted by Crippen LogP contribution is 2.20. The summed E-state index contributed by atoms with van der Waals surface area (Å²) in [5, 5.41) is 10.0. The Morgan fingerprint density at radius 3 is 2.55 bits per heavy atom. The highest BCUT2D eigenvalue weighted by Gasteiger charge is 2.23. The van der Waals surface area contributed by atoms with Crippen molar-refractivity contribution < 1.29 is 9.84 Å². The summed E-state index contributed by atoms with van der Waals surface area (Å²) in [5.74, 6) is 0. The third-order valence-corrected chi connectivity index (χ3v) is 4.21.